The zero-order chi connectivity index (χ0) is 50.9. The highest BCUT2D eigenvalue weighted by Crippen LogP contribution is 2.72. The van der Waals surface area contributed by atoms with E-state index >= 15 is 4.57 Å². The number of carbonyl (C=O) groups excluding carboxylic acids is 1. The summed E-state index contributed by atoms with van der Waals surface area (Å²) in [6.45, 7) is 20.2. The monoisotopic (exact) mass is 975 g/mol. The largest absolute Gasteiger partial charge is 0.497 e. The van der Waals surface area contributed by atoms with Crippen LogP contribution in [0.1, 0.15) is 107 Å². The number of hydrogen-bond acceptors (Lipinski definition) is 5. The van der Waals surface area contributed by atoms with E-state index < -0.39 is 18.3 Å². The Balaban J connectivity index is 0.000000260. The summed E-state index contributed by atoms with van der Waals surface area (Å²) in [7, 11) is -1.89. The Kier molecular flexibility index (Phi) is 14.7. The summed E-state index contributed by atoms with van der Waals surface area (Å²) < 4.78 is 34.6. The molecule has 72 heavy (non-hydrogen) atoms. The number of aryl methyl sites for hydroxylation is 6. The molecule has 1 aliphatic heterocycles. The summed E-state index contributed by atoms with van der Waals surface area (Å²) in [5.74, 6) is 6.87. The van der Waals surface area contributed by atoms with Gasteiger partial charge in [0.1, 0.15) is 35.3 Å². The average molecular weight is 975 g/mol. The molecular weight excluding hydrogens is 904 g/mol. The van der Waals surface area contributed by atoms with Crippen molar-refractivity contribution in [3.05, 3.63) is 219 Å². The maximum atomic E-state index is 16.9. The molecule has 3 aliphatic carbocycles. The Labute approximate surface area is 429 Å². The van der Waals surface area contributed by atoms with E-state index in [4.69, 9.17) is 14.2 Å². The standard InChI is InChI=1S/C46H41O5P.C10H16.C10H14/c1-30(2)45(47)51-40-25-19-37(20-26-40)46(35-15-21-38(49-6)22-16-35,36-17-23-39(24-18-36)50-44-32(4)27-31(3)28-33(44)5)52(48)29-34-11-7-8-12-41(34)42-13-9-10-14-43(42)52;1-2-9-7-4-5-8(6-7)10(9)3-1;1-7-5-8(2)10(4)9(3)6-7/h7-28H,1,29H2,2-6H3;7-10H,1-6H2;5-6H,1-4H3. The first-order chi connectivity index (χ1) is 34.6. The molecule has 1 heterocycles. The van der Waals surface area contributed by atoms with Crippen molar-refractivity contribution in [2.45, 2.75) is 105 Å². The summed E-state index contributed by atoms with van der Waals surface area (Å²) in [5.41, 5.74) is 14.7. The number of methoxy groups -OCH3 is 1. The minimum atomic E-state index is -3.53. The van der Waals surface area contributed by atoms with E-state index in [2.05, 4.69) is 97.5 Å². The molecule has 0 amide bonds. The molecule has 0 radical (unpaired) electrons. The van der Waals surface area contributed by atoms with Crippen molar-refractivity contribution >= 4 is 18.4 Å². The average Bonchev–Trinajstić information content (AvgIpc) is 4.14. The molecule has 6 unspecified atom stereocenters. The minimum absolute atomic E-state index is 0.303. The number of fused-ring (bicyclic) bond motifs is 8. The highest BCUT2D eigenvalue weighted by Gasteiger charge is 2.55. The van der Waals surface area contributed by atoms with Gasteiger partial charge in [-0.05, 0) is 209 Å². The van der Waals surface area contributed by atoms with Gasteiger partial charge in [-0.3, -0.25) is 0 Å². The second-order valence-electron chi connectivity index (χ2n) is 21.2. The van der Waals surface area contributed by atoms with Gasteiger partial charge in [0.2, 0.25) is 0 Å². The molecule has 7 aromatic carbocycles. The first kappa shape index (κ1) is 50.5. The van der Waals surface area contributed by atoms with E-state index in [0.29, 0.717) is 29.0 Å². The molecular formula is C66H71O5P. The molecule has 5 nitrogen and oxygen atoms in total. The van der Waals surface area contributed by atoms with Gasteiger partial charge in [-0.25, -0.2) is 4.79 Å². The highest BCUT2D eigenvalue weighted by atomic mass is 31.2. The van der Waals surface area contributed by atoms with Gasteiger partial charge in [-0.2, -0.15) is 0 Å². The molecule has 3 fully saturated rings. The van der Waals surface area contributed by atoms with Crippen molar-refractivity contribution in [3.8, 4) is 34.1 Å². The third kappa shape index (κ3) is 9.66. The maximum absolute atomic E-state index is 16.9. The minimum Gasteiger partial charge on any atom is -0.497 e. The summed E-state index contributed by atoms with van der Waals surface area (Å²) in [6, 6.07) is 48.3. The van der Waals surface area contributed by atoms with Crippen LogP contribution >= 0.6 is 7.14 Å². The molecule has 6 atom stereocenters. The second kappa shape index (κ2) is 21.0. The number of rotatable bonds is 9. The van der Waals surface area contributed by atoms with Crippen molar-refractivity contribution in [1.29, 1.82) is 0 Å². The van der Waals surface area contributed by atoms with Gasteiger partial charge in [0.15, 0.2) is 0 Å². The van der Waals surface area contributed by atoms with Gasteiger partial charge in [0.25, 0.3) is 0 Å². The summed E-state index contributed by atoms with van der Waals surface area (Å²) in [6.07, 6.45) is 9.87. The molecule has 0 saturated heterocycles. The predicted molar refractivity (Wildman–Crippen MR) is 297 cm³/mol. The fourth-order valence-electron chi connectivity index (χ4n) is 13.0. The quantitative estimate of drug-likeness (QED) is 0.0474. The van der Waals surface area contributed by atoms with E-state index in [9.17, 15) is 4.79 Å². The van der Waals surface area contributed by atoms with Crippen LogP contribution in [0.25, 0.3) is 11.1 Å². The Morgan fingerprint density at radius 1 is 0.583 bits per heavy atom. The van der Waals surface area contributed by atoms with Crippen LogP contribution in [0.5, 0.6) is 23.0 Å². The number of ether oxygens (including phenoxy) is 3. The lowest BCUT2D eigenvalue weighted by molar-refractivity contribution is -0.130. The Morgan fingerprint density at radius 3 is 1.58 bits per heavy atom. The van der Waals surface area contributed by atoms with E-state index in [-0.39, 0.29) is 0 Å². The number of benzene rings is 7. The zero-order valence-electron chi connectivity index (χ0n) is 43.8. The van der Waals surface area contributed by atoms with Crippen molar-refractivity contribution in [3.63, 3.8) is 0 Å². The van der Waals surface area contributed by atoms with Crippen molar-refractivity contribution in [2.24, 2.45) is 23.7 Å². The van der Waals surface area contributed by atoms with Crippen molar-refractivity contribution < 1.29 is 23.6 Å². The predicted octanol–water partition coefficient (Wildman–Crippen LogP) is 16.8. The van der Waals surface area contributed by atoms with Gasteiger partial charge >= 0.3 is 5.97 Å². The molecule has 3 saturated carbocycles. The third-order valence-electron chi connectivity index (χ3n) is 16.4. The normalized spacial score (nSPS) is 20.8. The molecule has 11 rings (SSSR count). The molecule has 370 valence electrons. The van der Waals surface area contributed by atoms with E-state index in [1.165, 1.54) is 51.5 Å². The van der Waals surface area contributed by atoms with Crippen molar-refractivity contribution in [1.82, 2.24) is 0 Å². The van der Waals surface area contributed by atoms with Crippen LogP contribution < -0.4 is 19.5 Å². The first-order valence-electron chi connectivity index (χ1n) is 25.9. The van der Waals surface area contributed by atoms with Crippen LogP contribution in [0.15, 0.2) is 158 Å². The van der Waals surface area contributed by atoms with Gasteiger partial charge in [0.05, 0.1) is 7.11 Å². The van der Waals surface area contributed by atoms with Crippen LogP contribution in [-0.4, -0.2) is 13.1 Å². The second-order valence-corrected chi connectivity index (χ2v) is 24.1. The van der Waals surface area contributed by atoms with Crippen LogP contribution in [0.2, 0.25) is 0 Å². The highest BCUT2D eigenvalue weighted by molar-refractivity contribution is 7.73. The molecule has 0 spiro atoms. The van der Waals surface area contributed by atoms with E-state index in [0.717, 1.165) is 55.6 Å². The molecule has 7 aromatic rings. The molecule has 4 aliphatic rings. The van der Waals surface area contributed by atoms with Crippen LogP contribution in [0.3, 0.4) is 0 Å². The van der Waals surface area contributed by atoms with Crippen LogP contribution in [-0.2, 0) is 20.7 Å². The molecule has 2 bridgehead atoms. The topological polar surface area (TPSA) is 61.8 Å². The lowest BCUT2D eigenvalue weighted by Crippen LogP contribution is -2.36. The fraction of sp³-hybridized carbons (Fsp3) is 0.318. The lowest BCUT2D eigenvalue weighted by atomic mass is 9.82. The molecule has 0 N–H and O–H groups in total. The number of carbonyl (C=O) groups is 1. The van der Waals surface area contributed by atoms with Crippen LogP contribution in [0, 0.1) is 72.1 Å². The Bertz CT molecular complexity index is 3100. The smallest absolute Gasteiger partial charge is 0.338 e. The van der Waals surface area contributed by atoms with Crippen molar-refractivity contribution in [2.75, 3.05) is 7.11 Å². The molecule has 6 heteroatoms. The van der Waals surface area contributed by atoms with E-state index in [1.807, 2.05) is 91.0 Å². The summed E-state index contributed by atoms with van der Waals surface area (Å²) in [5, 5.41) is -0.373. The number of hydrogen-bond donors (Lipinski definition) is 0. The summed E-state index contributed by atoms with van der Waals surface area (Å²) in [4.78, 5) is 12.5. The van der Waals surface area contributed by atoms with Gasteiger partial charge < -0.3 is 18.8 Å². The molecule has 0 aromatic heterocycles. The van der Waals surface area contributed by atoms with Crippen LogP contribution in [0.4, 0.5) is 0 Å². The number of esters is 1. The third-order valence-corrected chi connectivity index (χ3v) is 20.2. The lowest BCUT2D eigenvalue weighted by Gasteiger charge is -2.45. The Hall–Kier alpha value is -6.42. The van der Waals surface area contributed by atoms with Gasteiger partial charge in [0, 0.05) is 17.0 Å². The fourth-order valence-corrected chi connectivity index (χ4v) is 17.1. The maximum Gasteiger partial charge on any atom is 0.338 e. The zero-order valence-corrected chi connectivity index (χ0v) is 44.7. The van der Waals surface area contributed by atoms with Gasteiger partial charge in [-0.1, -0.05) is 133 Å². The first-order valence-corrected chi connectivity index (χ1v) is 27.8. The van der Waals surface area contributed by atoms with E-state index in [1.54, 1.807) is 64.7 Å². The SMILES string of the molecule is C1CC2C3CCC(C3)C2C1.C=C(C)C(=O)Oc1ccc(C(c2ccc(OC)cc2)(c2ccc(Oc3c(C)cc(C)cc3C)cc2)P2(=O)Cc3ccccc3-c3ccccc32)cc1.Cc1cc(C)c(C)c(C)c1. The summed E-state index contributed by atoms with van der Waals surface area (Å²) >= 11 is 0. The van der Waals surface area contributed by atoms with Gasteiger partial charge in [-0.15, -0.1) is 0 Å². The Morgan fingerprint density at radius 2 is 1.06 bits per heavy atom.